The fourth-order valence-corrected chi connectivity index (χ4v) is 4.78. The summed E-state index contributed by atoms with van der Waals surface area (Å²) in [6.45, 7) is 12.3. The number of imide groups is 2. The molecule has 0 spiro atoms. The Morgan fingerprint density at radius 1 is 1.03 bits per heavy atom. The first-order valence-electron chi connectivity index (χ1n) is 12.6. The van der Waals surface area contributed by atoms with Crippen molar-refractivity contribution in [1.82, 2.24) is 15.1 Å². The number of benzene rings is 1. The van der Waals surface area contributed by atoms with Crippen molar-refractivity contribution >= 4 is 29.7 Å². The van der Waals surface area contributed by atoms with Crippen molar-refractivity contribution in [3.63, 3.8) is 0 Å². The van der Waals surface area contributed by atoms with Crippen LogP contribution in [-0.2, 0) is 14.3 Å². The highest BCUT2D eigenvalue weighted by molar-refractivity contribution is 6.23. The molecule has 10 nitrogen and oxygen atoms in total. The van der Waals surface area contributed by atoms with Gasteiger partial charge in [0.05, 0.1) is 11.1 Å². The molecule has 10 heteroatoms. The average Bonchev–Trinajstić information content (AvgIpc) is 2.97. The highest BCUT2D eigenvalue weighted by Crippen LogP contribution is 2.35. The number of hydrogen-bond donors (Lipinski definition) is 1. The van der Waals surface area contributed by atoms with Crippen LogP contribution in [0.1, 0.15) is 87.9 Å². The average molecular weight is 514 g/mol. The van der Waals surface area contributed by atoms with Gasteiger partial charge in [-0.2, -0.15) is 0 Å². The molecule has 1 aliphatic carbocycles. The molecule has 1 atom stereocenters. The van der Waals surface area contributed by atoms with Crippen molar-refractivity contribution in [2.45, 2.75) is 91.0 Å². The predicted molar refractivity (Wildman–Crippen MR) is 133 cm³/mol. The number of nitrogens with one attached hydrogen (secondary N) is 1. The van der Waals surface area contributed by atoms with Crippen molar-refractivity contribution in [2.24, 2.45) is 5.41 Å². The lowest BCUT2D eigenvalue weighted by molar-refractivity contribution is -0.136. The maximum atomic E-state index is 13.0. The molecule has 1 N–H and O–H groups in total. The van der Waals surface area contributed by atoms with E-state index in [1.165, 1.54) is 12.1 Å². The van der Waals surface area contributed by atoms with Crippen LogP contribution >= 0.6 is 0 Å². The molecule has 1 unspecified atom stereocenters. The van der Waals surface area contributed by atoms with E-state index < -0.39 is 35.3 Å². The minimum atomic E-state index is -1.01. The van der Waals surface area contributed by atoms with Gasteiger partial charge in [-0.15, -0.1) is 0 Å². The largest absolute Gasteiger partial charge is 0.490 e. The number of ether oxygens (including phenoxy) is 2. The summed E-state index contributed by atoms with van der Waals surface area (Å²) in [6.07, 6.45) is 0.887. The number of amides is 5. The highest BCUT2D eigenvalue weighted by Gasteiger charge is 2.45. The molecule has 2 aliphatic heterocycles. The Morgan fingerprint density at radius 3 is 2.27 bits per heavy atom. The number of hydrogen-bond acceptors (Lipinski definition) is 7. The monoisotopic (exact) mass is 513 g/mol. The van der Waals surface area contributed by atoms with Crippen LogP contribution in [0.15, 0.2) is 18.2 Å². The van der Waals surface area contributed by atoms with E-state index in [4.69, 9.17) is 9.47 Å². The van der Waals surface area contributed by atoms with Crippen molar-refractivity contribution < 1.29 is 33.4 Å². The molecule has 2 fully saturated rings. The maximum Gasteiger partial charge on any atom is 0.410 e. The standard InChI is InChI=1S/C27H35N3O7/c1-26(2,3)14-29(25(35)37-27(4,5)6)15-11-17(12-15)36-16-7-8-18-19(13-16)24(34)30(23(18)33)20-9-10-21(31)28-22(20)32/h7-8,13,15,17,20H,9-12,14H2,1-6H3,(H,28,31,32). The molecular formula is C27H35N3O7. The van der Waals surface area contributed by atoms with Crippen LogP contribution in [0.4, 0.5) is 4.79 Å². The quantitative estimate of drug-likeness (QED) is 0.600. The van der Waals surface area contributed by atoms with Crippen molar-refractivity contribution in [2.75, 3.05) is 6.54 Å². The highest BCUT2D eigenvalue weighted by atomic mass is 16.6. The molecular weight excluding hydrogens is 478 g/mol. The molecule has 3 aliphatic rings. The van der Waals surface area contributed by atoms with Crippen LogP contribution in [0.25, 0.3) is 0 Å². The number of piperidine rings is 1. The topological polar surface area (TPSA) is 122 Å². The van der Waals surface area contributed by atoms with E-state index in [9.17, 15) is 24.0 Å². The van der Waals surface area contributed by atoms with E-state index in [2.05, 4.69) is 26.1 Å². The Bertz CT molecular complexity index is 1140. The predicted octanol–water partition coefficient (Wildman–Crippen LogP) is 3.28. The fourth-order valence-electron chi connectivity index (χ4n) is 4.78. The van der Waals surface area contributed by atoms with E-state index >= 15 is 0 Å². The third-order valence-electron chi connectivity index (χ3n) is 6.50. The lowest BCUT2D eigenvalue weighted by Gasteiger charge is -2.44. The summed E-state index contributed by atoms with van der Waals surface area (Å²) in [5, 5.41) is 2.19. The van der Waals surface area contributed by atoms with Crippen molar-refractivity contribution in [3.8, 4) is 5.75 Å². The van der Waals surface area contributed by atoms with E-state index in [-0.39, 0.29) is 47.6 Å². The van der Waals surface area contributed by atoms with Crippen LogP contribution in [0, 0.1) is 5.41 Å². The van der Waals surface area contributed by atoms with Gasteiger partial charge in [0.15, 0.2) is 0 Å². The van der Waals surface area contributed by atoms with Crippen molar-refractivity contribution in [1.29, 1.82) is 0 Å². The van der Waals surface area contributed by atoms with Gasteiger partial charge in [0.1, 0.15) is 23.5 Å². The molecule has 0 bridgehead atoms. The smallest absolute Gasteiger partial charge is 0.410 e. The van der Waals surface area contributed by atoms with Gasteiger partial charge in [-0.1, -0.05) is 20.8 Å². The van der Waals surface area contributed by atoms with Gasteiger partial charge in [-0.3, -0.25) is 29.4 Å². The van der Waals surface area contributed by atoms with E-state index in [0.717, 1.165) is 4.90 Å². The molecule has 2 heterocycles. The Labute approximate surface area is 216 Å². The summed E-state index contributed by atoms with van der Waals surface area (Å²) >= 11 is 0. The molecule has 5 amide bonds. The molecule has 1 saturated carbocycles. The molecule has 1 aromatic rings. The minimum Gasteiger partial charge on any atom is -0.490 e. The molecule has 0 radical (unpaired) electrons. The van der Waals surface area contributed by atoms with Gasteiger partial charge in [0.25, 0.3) is 11.8 Å². The number of carbonyl (C=O) groups excluding carboxylic acids is 5. The second-order valence-corrected chi connectivity index (χ2v) is 12.2. The van der Waals surface area contributed by atoms with Gasteiger partial charge in [0.2, 0.25) is 11.8 Å². The van der Waals surface area contributed by atoms with E-state index in [1.807, 2.05) is 20.8 Å². The zero-order valence-electron chi connectivity index (χ0n) is 22.3. The molecule has 37 heavy (non-hydrogen) atoms. The van der Waals surface area contributed by atoms with Crippen LogP contribution in [-0.4, -0.2) is 69.9 Å². The van der Waals surface area contributed by atoms with Crippen LogP contribution in [0.5, 0.6) is 5.75 Å². The summed E-state index contributed by atoms with van der Waals surface area (Å²) in [5.41, 5.74) is -0.325. The maximum absolute atomic E-state index is 13.0. The first-order chi connectivity index (χ1) is 17.1. The third-order valence-corrected chi connectivity index (χ3v) is 6.50. The zero-order chi connectivity index (χ0) is 27.3. The number of carbonyl (C=O) groups is 5. The Hall–Kier alpha value is -3.43. The summed E-state index contributed by atoms with van der Waals surface area (Å²) in [7, 11) is 0. The van der Waals surface area contributed by atoms with E-state index in [1.54, 1.807) is 11.0 Å². The minimum absolute atomic E-state index is 0.0280. The fraction of sp³-hybridized carbons (Fsp3) is 0.593. The van der Waals surface area contributed by atoms with E-state index in [0.29, 0.717) is 25.1 Å². The van der Waals surface area contributed by atoms with Gasteiger partial charge in [-0.25, -0.2) is 4.79 Å². The normalized spacial score (nSPS) is 23.8. The summed E-state index contributed by atoms with van der Waals surface area (Å²) in [6, 6.07) is 3.64. The number of fused-ring (bicyclic) bond motifs is 1. The van der Waals surface area contributed by atoms with Gasteiger partial charge in [-0.05, 0) is 50.8 Å². The first-order valence-corrected chi connectivity index (χ1v) is 12.6. The first kappa shape index (κ1) is 26.6. The Kier molecular flexibility index (Phi) is 6.81. The molecule has 1 saturated heterocycles. The van der Waals surface area contributed by atoms with Crippen LogP contribution in [0.2, 0.25) is 0 Å². The second-order valence-electron chi connectivity index (χ2n) is 12.2. The summed E-state index contributed by atoms with van der Waals surface area (Å²) in [4.78, 5) is 65.2. The van der Waals surface area contributed by atoms with Crippen molar-refractivity contribution in [3.05, 3.63) is 29.3 Å². The molecule has 1 aromatic carbocycles. The molecule has 4 rings (SSSR count). The lowest BCUT2D eigenvalue weighted by atomic mass is 9.85. The van der Waals surface area contributed by atoms with Gasteiger partial charge in [0, 0.05) is 31.8 Å². The number of nitrogens with zero attached hydrogens (tertiary/aromatic N) is 2. The molecule has 200 valence electrons. The van der Waals surface area contributed by atoms with Crippen LogP contribution < -0.4 is 10.1 Å². The third kappa shape index (κ3) is 5.78. The lowest BCUT2D eigenvalue weighted by Crippen LogP contribution is -2.54. The Morgan fingerprint density at radius 2 is 1.68 bits per heavy atom. The van der Waals surface area contributed by atoms with Gasteiger partial charge >= 0.3 is 6.09 Å². The second kappa shape index (κ2) is 9.46. The molecule has 0 aromatic heterocycles. The zero-order valence-corrected chi connectivity index (χ0v) is 22.3. The summed E-state index contributed by atoms with van der Waals surface area (Å²) < 4.78 is 11.7. The van der Waals surface area contributed by atoms with Gasteiger partial charge < -0.3 is 14.4 Å². The number of rotatable bonds is 5. The Balaban J connectivity index is 1.41. The summed E-state index contributed by atoms with van der Waals surface area (Å²) in [5.74, 6) is -1.76. The SMILES string of the molecule is CC(C)(C)CN(C(=O)OC(C)(C)C)C1CC(Oc2ccc3c(c2)C(=O)N(C2CCC(=O)NC2=O)C3=O)C1. The van der Waals surface area contributed by atoms with Crippen LogP contribution in [0.3, 0.4) is 0 Å².